The normalized spacial score (nSPS) is 12.6. The van der Waals surface area contributed by atoms with Gasteiger partial charge in [-0.05, 0) is 37.5 Å². The number of aromatic nitrogens is 2. The Hall–Kier alpha value is -2.08. The average molecular weight is 333 g/mol. The zero-order valence-corrected chi connectivity index (χ0v) is 14.9. The fourth-order valence-corrected chi connectivity index (χ4v) is 2.66. The molecule has 1 atom stereocenters. The van der Waals surface area contributed by atoms with Crippen LogP contribution < -0.4 is 0 Å². The molecule has 6 nitrogen and oxygen atoms in total. The third-order valence-corrected chi connectivity index (χ3v) is 4.20. The van der Waals surface area contributed by atoms with E-state index < -0.39 is 0 Å². The Morgan fingerprint density at radius 2 is 2.17 bits per heavy atom. The van der Waals surface area contributed by atoms with Crippen LogP contribution in [0.3, 0.4) is 0 Å². The van der Waals surface area contributed by atoms with Crippen molar-refractivity contribution in [3.8, 4) is 0 Å². The highest BCUT2D eigenvalue weighted by Gasteiger charge is 2.27. The van der Waals surface area contributed by atoms with Gasteiger partial charge in [0, 0.05) is 6.54 Å². The average Bonchev–Trinajstić information content (AvgIpc) is 3.23. The van der Waals surface area contributed by atoms with Crippen molar-refractivity contribution >= 4 is 5.91 Å². The van der Waals surface area contributed by atoms with E-state index in [9.17, 15) is 9.90 Å². The number of hydrogen-bond acceptors (Lipinski definition) is 4. The molecule has 0 aromatic carbocycles. The molecule has 2 aromatic heterocycles. The number of carbonyl (C=O) groups is 1. The second kappa shape index (κ2) is 8.15. The summed E-state index contributed by atoms with van der Waals surface area (Å²) in [4.78, 5) is 14.8. The molecule has 24 heavy (non-hydrogen) atoms. The third-order valence-electron chi connectivity index (χ3n) is 4.20. The highest BCUT2D eigenvalue weighted by atomic mass is 16.3. The number of hydrogen-bond donors (Lipinski definition) is 1. The van der Waals surface area contributed by atoms with Crippen LogP contribution in [0.1, 0.15) is 62.0 Å². The van der Waals surface area contributed by atoms with Gasteiger partial charge in [0.1, 0.15) is 11.5 Å². The number of aliphatic hydroxyl groups is 1. The highest BCUT2D eigenvalue weighted by Crippen LogP contribution is 2.19. The topological polar surface area (TPSA) is 71.5 Å². The van der Waals surface area contributed by atoms with Crippen LogP contribution in [-0.4, -0.2) is 38.3 Å². The minimum Gasteiger partial charge on any atom is -0.467 e. The molecule has 2 aromatic rings. The van der Waals surface area contributed by atoms with Crippen molar-refractivity contribution in [1.82, 2.24) is 14.7 Å². The second-order valence-electron chi connectivity index (χ2n) is 6.18. The molecule has 2 heterocycles. The van der Waals surface area contributed by atoms with Crippen LogP contribution in [0.5, 0.6) is 0 Å². The monoisotopic (exact) mass is 333 g/mol. The number of carbonyl (C=O) groups excluding carboxylic acids is 1. The molecule has 0 bridgehead atoms. The summed E-state index contributed by atoms with van der Waals surface area (Å²) < 4.78 is 7.12. The van der Waals surface area contributed by atoms with Crippen LogP contribution >= 0.6 is 0 Å². The van der Waals surface area contributed by atoms with E-state index in [4.69, 9.17) is 4.42 Å². The number of aliphatic hydroxyl groups excluding tert-OH is 1. The Morgan fingerprint density at radius 3 is 2.67 bits per heavy atom. The van der Waals surface area contributed by atoms with E-state index >= 15 is 0 Å². The smallest absolute Gasteiger partial charge is 0.272 e. The lowest BCUT2D eigenvalue weighted by Gasteiger charge is -2.29. The molecule has 1 amide bonds. The van der Waals surface area contributed by atoms with E-state index in [1.165, 1.54) is 0 Å². The lowest BCUT2D eigenvalue weighted by Crippen LogP contribution is -2.42. The standard InChI is InChI=1S/C18H27N3O3/c1-5-14(12-22)20(11-15-8-7-9-24-15)18(23)17-10-16(13(3)4)19-21(17)6-2/h7-10,13-14,22H,5-6,11-12H2,1-4H3/t14-/m1/s1. The van der Waals surface area contributed by atoms with E-state index in [0.717, 1.165) is 5.69 Å². The molecular formula is C18H27N3O3. The SMILES string of the molecule is CC[C@H](CO)N(Cc1ccco1)C(=O)c1cc(C(C)C)nn1CC. The number of nitrogens with zero attached hydrogens (tertiary/aromatic N) is 3. The molecule has 132 valence electrons. The van der Waals surface area contributed by atoms with Crippen LogP contribution in [0.4, 0.5) is 0 Å². The largest absolute Gasteiger partial charge is 0.467 e. The minimum atomic E-state index is -0.259. The molecular weight excluding hydrogens is 306 g/mol. The molecule has 0 aliphatic rings. The maximum atomic E-state index is 13.2. The van der Waals surface area contributed by atoms with Crippen molar-refractivity contribution in [3.63, 3.8) is 0 Å². The van der Waals surface area contributed by atoms with Gasteiger partial charge >= 0.3 is 0 Å². The van der Waals surface area contributed by atoms with Crippen molar-refractivity contribution in [1.29, 1.82) is 0 Å². The van der Waals surface area contributed by atoms with E-state index in [0.29, 0.717) is 31.0 Å². The van der Waals surface area contributed by atoms with Gasteiger partial charge < -0.3 is 14.4 Å². The lowest BCUT2D eigenvalue weighted by molar-refractivity contribution is 0.0532. The van der Waals surface area contributed by atoms with E-state index in [1.807, 2.05) is 26.0 Å². The van der Waals surface area contributed by atoms with Gasteiger partial charge in [0.15, 0.2) is 0 Å². The molecule has 0 fully saturated rings. The van der Waals surface area contributed by atoms with Gasteiger partial charge in [0.2, 0.25) is 0 Å². The first kappa shape index (κ1) is 18.3. The van der Waals surface area contributed by atoms with E-state index in [1.54, 1.807) is 21.9 Å². The molecule has 0 saturated heterocycles. The van der Waals surface area contributed by atoms with Crippen molar-refractivity contribution in [2.75, 3.05) is 6.61 Å². The van der Waals surface area contributed by atoms with Gasteiger partial charge in [-0.1, -0.05) is 20.8 Å². The van der Waals surface area contributed by atoms with Gasteiger partial charge in [0.05, 0.1) is 31.2 Å². The number of rotatable bonds is 8. The molecule has 0 aliphatic heterocycles. The summed E-state index contributed by atoms with van der Waals surface area (Å²) in [6.07, 6.45) is 2.26. The zero-order valence-electron chi connectivity index (χ0n) is 14.9. The summed E-state index contributed by atoms with van der Waals surface area (Å²) in [5.74, 6) is 0.818. The molecule has 0 radical (unpaired) electrons. The number of furan rings is 1. The van der Waals surface area contributed by atoms with Gasteiger partial charge in [-0.3, -0.25) is 9.48 Å². The Labute approximate surface area is 143 Å². The van der Waals surface area contributed by atoms with Crippen LogP contribution in [0.25, 0.3) is 0 Å². The maximum Gasteiger partial charge on any atom is 0.272 e. The fourth-order valence-electron chi connectivity index (χ4n) is 2.66. The Balaban J connectivity index is 2.36. The van der Waals surface area contributed by atoms with E-state index in [-0.39, 0.29) is 24.5 Å². The minimum absolute atomic E-state index is 0.0831. The summed E-state index contributed by atoms with van der Waals surface area (Å²) in [5.41, 5.74) is 1.45. The fraction of sp³-hybridized carbons (Fsp3) is 0.556. The predicted molar refractivity (Wildman–Crippen MR) is 91.7 cm³/mol. The first-order valence-corrected chi connectivity index (χ1v) is 8.53. The Morgan fingerprint density at radius 1 is 1.42 bits per heavy atom. The molecule has 0 spiro atoms. The highest BCUT2D eigenvalue weighted by molar-refractivity contribution is 5.93. The first-order chi connectivity index (χ1) is 11.5. The lowest BCUT2D eigenvalue weighted by atomic mass is 10.1. The number of aryl methyl sites for hydroxylation is 1. The van der Waals surface area contributed by atoms with Gasteiger partial charge in [0.25, 0.3) is 5.91 Å². The second-order valence-corrected chi connectivity index (χ2v) is 6.18. The van der Waals surface area contributed by atoms with Crippen LogP contribution in [0.2, 0.25) is 0 Å². The summed E-state index contributed by atoms with van der Waals surface area (Å²) in [6, 6.07) is 5.23. The summed E-state index contributed by atoms with van der Waals surface area (Å²) in [6.45, 7) is 8.91. The van der Waals surface area contributed by atoms with Crippen LogP contribution in [0, 0.1) is 0 Å². The van der Waals surface area contributed by atoms with Crippen molar-refractivity contribution in [2.24, 2.45) is 0 Å². The quantitative estimate of drug-likeness (QED) is 0.806. The van der Waals surface area contributed by atoms with Gasteiger partial charge in [-0.25, -0.2) is 0 Å². The van der Waals surface area contributed by atoms with Gasteiger partial charge in [-0.15, -0.1) is 0 Å². The molecule has 0 saturated carbocycles. The molecule has 0 aliphatic carbocycles. The maximum absolute atomic E-state index is 13.2. The number of amides is 1. The predicted octanol–water partition coefficient (Wildman–Crippen LogP) is 3.03. The molecule has 0 unspecified atom stereocenters. The van der Waals surface area contributed by atoms with Crippen molar-refractivity contribution in [2.45, 2.75) is 59.2 Å². The van der Waals surface area contributed by atoms with E-state index in [2.05, 4.69) is 18.9 Å². The summed E-state index contributed by atoms with van der Waals surface area (Å²) in [7, 11) is 0. The molecule has 6 heteroatoms. The Bertz CT molecular complexity index is 643. The summed E-state index contributed by atoms with van der Waals surface area (Å²) in [5, 5.41) is 14.2. The summed E-state index contributed by atoms with van der Waals surface area (Å²) >= 11 is 0. The van der Waals surface area contributed by atoms with Crippen LogP contribution in [0.15, 0.2) is 28.9 Å². The van der Waals surface area contributed by atoms with Crippen molar-refractivity contribution in [3.05, 3.63) is 41.6 Å². The van der Waals surface area contributed by atoms with Crippen LogP contribution in [-0.2, 0) is 13.1 Å². The zero-order chi connectivity index (χ0) is 17.7. The van der Waals surface area contributed by atoms with Gasteiger partial charge in [-0.2, -0.15) is 5.10 Å². The molecule has 2 rings (SSSR count). The third kappa shape index (κ3) is 3.87. The Kier molecular flexibility index (Phi) is 6.20. The van der Waals surface area contributed by atoms with Crippen molar-refractivity contribution < 1.29 is 14.3 Å². The molecule has 1 N–H and O–H groups in total. The first-order valence-electron chi connectivity index (χ1n) is 8.53.